The average Bonchev–Trinajstić information content (AvgIpc) is 3.36. The molecule has 0 unspecified atom stereocenters. The molecule has 6 rings (SSSR count). The fourth-order valence-electron chi connectivity index (χ4n) is 3.91. The maximum atomic E-state index is 15.2. The lowest BCUT2D eigenvalue weighted by Crippen LogP contribution is -2.18. The molecule has 0 radical (unpaired) electrons. The van der Waals surface area contributed by atoms with Crippen LogP contribution in [0.1, 0.15) is 6.42 Å². The zero-order valence-corrected chi connectivity index (χ0v) is 19.8. The van der Waals surface area contributed by atoms with E-state index in [1.807, 2.05) is 24.3 Å². The summed E-state index contributed by atoms with van der Waals surface area (Å²) in [5.74, 6) is 0.159. The molecule has 0 aliphatic heterocycles. The third-order valence-electron chi connectivity index (χ3n) is 5.92. The first-order valence-corrected chi connectivity index (χ1v) is 11.5. The molecule has 184 valence electrons. The first kappa shape index (κ1) is 22.5. The fourth-order valence-corrected chi connectivity index (χ4v) is 3.91. The van der Waals surface area contributed by atoms with E-state index in [1.165, 1.54) is 29.6 Å². The molecule has 3 aromatic heterocycles. The Balaban J connectivity index is 1.41. The minimum atomic E-state index is -0.540. The van der Waals surface area contributed by atoms with Gasteiger partial charge in [-0.2, -0.15) is 15.3 Å². The van der Waals surface area contributed by atoms with Gasteiger partial charge in [0.2, 0.25) is 0 Å². The van der Waals surface area contributed by atoms with E-state index in [1.54, 1.807) is 52.2 Å². The van der Waals surface area contributed by atoms with Crippen molar-refractivity contribution in [2.45, 2.75) is 6.42 Å². The van der Waals surface area contributed by atoms with Gasteiger partial charge in [-0.05, 0) is 48.4 Å². The van der Waals surface area contributed by atoms with E-state index in [0.717, 1.165) is 6.42 Å². The normalized spacial score (nSPS) is 12.3. The molecule has 2 aromatic carbocycles. The summed E-state index contributed by atoms with van der Waals surface area (Å²) in [5, 5.41) is 13.0. The van der Waals surface area contributed by atoms with Gasteiger partial charge in [0.05, 0.1) is 36.6 Å². The standard InChI is InChI=1S/C27H21FN6O3/c1-36-25-16-33(23-9-8-19(15-22(23)28)32-13-3-11-29-32)31-26(27(25)35)24-10-12-30-34(24)20-4-2-5-21(14-20)37-17-18-6-7-18/h2-6,8-16H,7,17H2,1H3. The van der Waals surface area contributed by atoms with Crippen LogP contribution in [0, 0.1) is 5.82 Å². The van der Waals surface area contributed by atoms with Crippen LogP contribution in [0.2, 0.25) is 0 Å². The zero-order chi connectivity index (χ0) is 25.4. The van der Waals surface area contributed by atoms with Crippen LogP contribution < -0.4 is 14.9 Å². The number of benzene rings is 2. The lowest BCUT2D eigenvalue weighted by atomic mass is 10.2. The number of aromatic nitrogens is 6. The minimum absolute atomic E-state index is 0.0168. The summed E-state index contributed by atoms with van der Waals surface area (Å²) in [7, 11) is 1.38. The molecule has 0 fully saturated rings. The summed E-state index contributed by atoms with van der Waals surface area (Å²) in [4.78, 5) is 13.2. The number of hydrogen-bond donors (Lipinski definition) is 0. The van der Waals surface area contributed by atoms with Gasteiger partial charge in [0.15, 0.2) is 17.3 Å². The largest absolute Gasteiger partial charge is 0.491 e. The van der Waals surface area contributed by atoms with E-state index < -0.39 is 11.2 Å². The number of nitrogens with zero attached hydrogens (tertiary/aromatic N) is 6. The van der Waals surface area contributed by atoms with Crippen molar-refractivity contribution in [1.29, 1.82) is 0 Å². The summed E-state index contributed by atoms with van der Waals surface area (Å²) < 4.78 is 30.8. The molecule has 5 aromatic rings. The molecule has 0 N–H and O–H groups in total. The first-order valence-electron chi connectivity index (χ1n) is 11.5. The van der Waals surface area contributed by atoms with Crippen LogP contribution in [0.5, 0.6) is 11.5 Å². The number of rotatable bonds is 8. The Kier molecular flexibility index (Phi) is 5.61. The minimum Gasteiger partial charge on any atom is -0.491 e. The Morgan fingerprint density at radius 1 is 1.00 bits per heavy atom. The van der Waals surface area contributed by atoms with Crippen LogP contribution in [-0.2, 0) is 0 Å². The van der Waals surface area contributed by atoms with Crippen molar-refractivity contribution in [2.75, 3.05) is 13.7 Å². The molecule has 37 heavy (non-hydrogen) atoms. The number of methoxy groups -OCH3 is 1. The summed E-state index contributed by atoms with van der Waals surface area (Å²) >= 11 is 0. The Labute approximate surface area is 210 Å². The van der Waals surface area contributed by atoms with Crippen molar-refractivity contribution >= 4 is 0 Å². The summed E-state index contributed by atoms with van der Waals surface area (Å²) in [6, 6.07) is 15.5. The van der Waals surface area contributed by atoms with Gasteiger partial charge in [-0.3, -0.25) is 4.79 Å². The monoisotopic (exact) mass is 496 g/mol. The molecule has 1 aliphatic carbocycles. The Morgan fingerprint density at radius 3 is 2.65 bits per heavy atom. The molecule has 9 nitrogen and oxygen atoms in total. The molecule has 1 aliphatic rings. The molecule has 0 saturated heterocycles. The fraction of sp³-hybridized carbons (Fsp3) is 0.111. The van der Waals surface area contributed by atoms with E-state index >= 15 is 4.39 Å². The van der Waals surface area contributed by atoms with Crippen molar-refractivity contribution < 1.29 is 13.9 Å². The number of allylic oxidation sites excluding steroid dienone is 1. The highest BCUT2D eigenvalue weighted by Crippen LogP contribution is 2.26. The second kappa shape index (κ2) is 9.23. The highest BCUT2D eigenvalue weighted by atomic mass is 19.1. The van der Waals surface area contributed by atoms with E-state index in [9.17, 15) is 4.79 Å². The van der Waals surface area contributed by atoms with Gasteiger partial charge in [-0.25, -0.2) is 18.4 Å². The van der Waals surface area contributed by atoms with Gasteiger partial charge in [0.1, 0.15) is 18.0 Å². The molecular weight excluding hydrogens is 475 g/mol. The van der Waals surface area contributed by atoms with Crippen molar-refractivity contribution in [3.05, 3.63) is 107 Å². The maximum absolute atomic E-state index is 15.2. The van der Waals surface area contributed by atoms with Crippen molar-refractivity contribution in [1.82, 2.24) is 29.3 Å². The average molecular weight is 497 g/mol. The Hall–Kier alpha value is -4.99. The van der Waals surface area contributed by atoms with Crippen LogP contribution in [-0.4, -0.2) is 43.1 Å². The second-order valence-electron chi connectivity index (χ2n) is 8.39. The third kappa shape index (κ3) is 4.40. The lowest BCUT2D eigenvalue weighted by molar-refractivity contribution is 0.356. The van der Waals surface area contributed by atoms with E-state index in [4.69, 9.17) is 9.47 Å². The maximum Gasteiger partial charge on any atom is 0.251 e. The molecule has 3 heterocycles. The lowest BCUT2D eigenvalue weighted by Gasteiger charge is -2.13. The highest BCUT2D eigenvalue weighted by Gasteiger charge is 2.19. The van der Waals surface area contributed by atoms with Crippen LogP contribution in [0.25, 0.3) is 28.5 Å². The Bertz CT molecular complexity index is 1690. The van der Waals surface area contributed by atoms with E-state index in [0.29, 0.717) is 29.4 Å². The Morgan fingerprint density at radius 2 is 1.89 bits per heavy atom. The van der Waals surface area contributed by atoms with Gasteiger partial charge >= 0.3 is 0 Å². The summed E-state index contributed by atoms with van der Waals surface area (Å²) in [6.07, 6.45) is 9.37. The molecular formula is C27H21FN6O3. The summed E-state index contributed by atoms with van der Waals surface area (Å²) in [6.45, 7) is 0.544. The third-order valence-corrected chi connectivity index (χ3v) is 5.92. The number of ether oxygens (including phenoxy) is 2. The van der Waals surface area contributed by atoms with Crippen molar-refractivity contribution in [3.63, 3.8) is 0 Å². The van der Waals surface area contributed by atoms with Gasteiger partial charge in [0, 0.05) is 24.5 Å². The van der Waals surface area contributed by atoms with E-state index in [2.05, 4.69) is 21.4 Å². The van der Waals surface area contributed by atoms with Crippen LogP contribution in [0.4, 0.5) is 4.39 Å². The van der Waals surface area contributed by atoms with E-state index in [-0.39, 0.29) is 17.1 Å². The zero-order valence-electron chi connectivity index (χ0n) is 19.8. The molecule has 10 heteroatoms. The van der Waals surface area contributed by atoms with Crippen molar-refractivity contribution in [2.24, 2.45) is 0 Å². The predicted octanol–water partition coefficient (Wildman–Crippen LogP) is 4.13. The van der Waals surface area contributed by atoms with Gasteiger partial charge in [-0.15, -0.1) is 0 Å². The summed E-state index contributed by atoms with van der Waals surface area (Å²) in [5.41, 5.74) is 2.69. The molecule has 0 amide bonds. The highest BCUT2D eigenvalue weighted by molar-refractivity contribution is 5.60. The van der Waals surface area contributed by atoms with Gasteiger partial charge < -0.3 is 9.47 Å². The van der Waals surface area contributed by atoms with Crippen LogP contribution >= 0.6 is 0 Å². The number of hydrogen-bond acceptors (Lipinski definition) is 6. The van der Waals surface area contributed by atoms with Gasteiger partial charge in [-0.1, -0.05) is 12.1 Å². The van der Waals surface area contributed by atoms with Crippen LogP contribution in [0.3, 0.4) is 0 Å². The van der Waals surface area contributed by atoms with Gasteiger partial charge in [0.25, 0.3) is 5.43 Å². The predicted molar refractivity (Wildman–Crippen MR) is 134 cm³/mol. The molecule has 0 bridgehead atoms. The second-order valence-corrected chi connectivity index (χ2v) is 8.39. The molecule has 0 spiro atoms. The topological polar surface area (TPSA) is 89.0 Å². The first-order chi connectivity index (χ1) is 18.1. The number of halogens is 1. The molecule has 0 saturated carbocycles. The smallest absolute Gasteiger partial charge is 0.251 e. The molecule has 0 atom stereocenters. The van der Waals surface area contributed by atoms with Crippen LogP contribution in [0.15, 0.2) is 95.8 Å². The quantitative estimate of drug-likeness (QED) is 0.300. The SMILES string of the molecule is COc1cn(-c2ccc(-n3cccn3)cc2F)nc(-c2ccnn2-c2cccc(OCC3=CC3)c2)c1=O. The van der Waals surface area contributed by atoms with Crippen molar-refractivity contribution in [3.8, 4) is 39.9 Å².